The van der Waals surface area contributed by atoms with Gasteiger partial charge >= 0.3 is 0 Å². The summed E-state index contributed by atoms with van der Waals surface area (Å²) in [6, 6.07) is 12.1. The van der Waals surface area contributed by atoms with Crippen molar-refractivity contribution in [2.24, 2.45) is 5.73 Å². The smallest absolute Gasteiger partial charge is 0.0615 e. The molecule has 0 bridgehead atoms. The molecule has 0 radical (unpaired) electrons. The zero-order valence-electron chi connectivity index (χ0n) is 13.7. The van der Waals surface area contributed by atoms with Crippen LogP contribution in [0.5, 0.6) is 0 Å². The van der Waals surface area contributed by atoms with Gasteiger partial charge in [0.1, 0.15) is 0 Å². The first-order chi connectivity index (χ1) is 10.2. The van der Waals surface area contributed by atoms with Gasteiger partial charge in [-0.25, -0.2) is 0 Å². The molecular formula is C18H30N2O. The zero-order chi connectivity index (χ0) is 15.2. The van der Waals surface area contributed by atoms with Gasteiger partial charge in [0, 0.05) is 25.2 Å². The molecule has 1 aliphatic rings. The second-order valence-electron chi connectivity index (χ2n) is 6.29. The van der Waals surface area contributed by atoms with Crippen LogP contribution in [0.3, 0.4) is 0 Å². The van der Waals surface area contributed by atoms with Crippen molar-refractivity contribution in [1.82, 2.24) is 4.90 Å². The quantitative estimate of drug-likeness (QED) is 0.875. The lowest BCUT2D eigenvalue weighted by atomic mass is 9.78. The Bertz CT molecular complexity index is 409. The fraction of sp³-hybridized carbons (Fsp3) is 0.667. The van der Waals surface area contributed by atoms with Crippen LogP contribution in [-0.2, 0) is 4.74 Å². The molecule has 1 saturated carbocycles. The molecule has 1 aromatic carbocycles. The molecule has 0 spiro atoms. The van der Waals surface area contributed by atoms with Crippen LogP contribution in [0.15, 0.2) is 30.3 Å². The lowest BCUT2D eigenvalue weighted by Gasteiger charge is -2.43. The van der Waals surface area contributed by atoms with Crippen LogP contribution >= 0.6 is 0 Å². The number of hydrogen-bond donors (Lipinski definition) is 1. The van der Waals surface area contributed by atoms with Crippen molar-refractivity contribution in [1.29, 1.82) is 0 Å². The first kappa shape index (κ1) is 16.5. The average Bonchev–Trinajstić information content (AvgIpc) is 2.51. The van der Waals surface area contributed by atoms with Crippen LogP contribution in [0.1, 0.15) is 44.6 Å². The van der Waals surface area contributed by atoms with Crippen molar-refractivity contribution in [2.75, 3.05) is 20.3 Å². The Hall–Kier alpha value is -0.900. The lowest BCUT2D eigenvalue weighted by Crippen LogP contribution is -2.54. The molecule has 3 heteroatoms. The van der Waals surface area contributed by atoms with Crippen LogP contribution in [-0.4, -0.2) is 43.3 Å². The van der Waals surface area contributed by atoms with E-state index < -0.39 is 0 Å². The van der Waals surface area contributed by atoms with Crippen LogP contribution in [0.4, 0.5) is 0 Å². The standard InChI is InChI=1S/C18H30N2O/c1-4-20(14(2)13-21-3)18-12-16(10-11-17(18)19)15-8-6-5-7-9-15/h5-9,14,16-18H,4,10-13,19H2,1-3H3. The summed E-state index contributed by atoms with van der Waals surface area (Å²) in [6.07, 6.45) is 3.48. The third kappa shape index (κ3) is 4.06. The Labute approximate surface area is 129 Å². The number of nitrogens with zero attached hydrogens (tertiary/aromatic N) is 1. The first-order valence-corrected chi connectivity index (χ1v) is 8.22. The average molecular weight is 290 g/mol. The summed E-state index contributed by atoms with van der Waals surface area (Å²) in [5, 5.41) is 0. The highest BCUT2D eigenvalue weighted by molar-refractivity contribution is 5.21. The van der Waals surface area contributed by atoms with Gasteiger partial charge in [0.25, 0.3) is 0 Å². The summed E-state index contributed by atoms with van der Waals surface area (Å²) < 4.78 is 5.34. The van der Waals surface area contributed by atoms with Gasteiger partial charge < -0.3 is 10.5 Å². The maximum Gasteiger partial charge on any atom is 0.0615 e. The Morgan fingerprint density at radius 3 is 2.62 bits per heavy atom. The minimum Gasteiger partial charge on any atom is -0.383 e. The minimum atomic E-state index is 0.282. The lowest BCUT2D eigenvalue weighted by molar-refractivity contribution is 0.0475. The van der Waals surface area contributed by atoms with Gasteiger partial charge in [0.15, 0.2) is 0 Å². The summed E-state index contributed by atoms with van der Waals surface area (Å²) in [6.45, 7) is 6.27. The van der Waals surface area contributed by atoms with Crippen LogP contribution in [0.2, 0.25) is 0 Å². The predicted octanol–water partition coefficient (Wildman–Crippen LogP) is 3.01. The van der Waals surface area contributed by atoms with Crippen LogP contribution in [0.25, 0.3) is 0 Å². The van der Waals surface area contributed by atoms with Gasteiger partial charge in [-0.2, -0.15) is 0 Å². The van der Waals surface area contributed by atoms with Gasteiger partial charge in [-0.1, -0.05) is 37.3 Å². The summed E-state index contributed by atoms with van der Waals surface area (Å²) in [4.78, 5) is 2.53. The second kappa shape index (κ2) is 7.92. The first-order valence-electron chi connectivity index (χ1n) is 8.22. The van der Waals surface area contributed by atoms with E-state index in [4.69, 9.17) is 10.5 Å². The van der Waals surface area contributed by atoms with Gasteiger partial charge in [-0.05, 0) is 44.2 Å². The van der Waals surface area contributed by atoms with Crippen LogP contribution < -0.4 is 5.73 Å². The van der Waals surface area contributed by atoms with Crippen LogP contribution in [0, 0.1) is 0 Å². The van der Waals surface area contributed by atoms with E-state index in [1.807, 2.05) is 0 Å². The maximum atomic E-state index is 6.45. The molecule has 1 aromatic rings. The molecule has 4 atom stereocenters. The Morgan fingerprint density at radius 1 is 1.29 bits per heavy atom. The summed E-state index contributed by atoms with van der Waals surface area (Å²) >= 11 is 0. The minimum absolute atomic E-state index is 0.282. The summed E-state index contributed by atoms with van der Waals surface area (Å²) in [5.74, 6) is 0.639. The van der Waals surface area contributed by atoms with Crippen molar-refractivity contribution in [3.8, 4) is 0 Å². The van der Waals surface area contributed by atoms with Crippen molar-refractivity contribution >= 4 is 0 Å². The van der Waals surface area contributed by atoms with E-state index in [1.54, 1.807) is 7.11 Å². The van der Waals surface area contributed by atoms with E-state index >= 15 is 0 Å². The molecule has 0 aliphatic heterocycles. The molecule has 21 heavy (non-hydrogen) atoms. The normalized spacial score (nSPS) is 27.8. The fourth-order valence-electron chi connectivity index (χ4n) is 3.79. The van der Waals surface area contributed by atoms with Crippen molar-refractivity contribution in [3.63, 3.8) is 0 Å². The second-order valence-corrected chi connectivity index (χ2v) is 6.29. The molecule has 4 unspecified atom stereocenters. The SMILES string of the molecule is CCN(C(C)COC)C1CC(c2ccccc2)CCC1N. The topological polar surface area (TPSA) is 38.5 Å². The molecule has 2 N–H and O–H groups in total. The van der Waals surface area contributed by atoms with Crippen molar-refractivity contribution in [2.45, 2.75) is 57.2 Å². The highest BCUT2D eigenvalue weighted by Gasteiger charge is 2.34. The Balaban J connectivity index is 2.09. The number of rotatable bonds is 6. The number of likely N-dealkylation sites (N-methyl/N-ethyl adjacent to an activating group) is 1. The number of nitrogens with two attached hydrogens (primary N) is 1. The van der Waals surface area contributed by atoms with Gasteiger partial charge in [-0.3, -0.25) is 4.90 Å². The van der Waals surface area contributed by atoms with E-state index in [-0.39, 0.29) is 6.04 Å². The third-order valence-corrected chi connectivity index (χ3v) is 4.90. The van der Waals surface area contributed by atoms with Crippen molar-refractivity contribution < 1.29 is 4.74 Å². The molecule has 0 amide bonds. The Morgan fingerprint density at radius 2 is 2.00 bits per heavy atom. The molecule has 1 fully saturated rings. The molecule has 118 valence electrons. The highest BCUT2D eigenvalue weighted by atomic mass is 16.5. The van der Waals surface area contributed by atoms with E-state index in [9.17, 15) is 0 Å². The van der Waals surface area contributed by atoms with Gasteiger partial charge in [0.05, 0.1) is 6.61 Å². The number of methoxy groups -OCH3 is 1. The third-order valence-electron chi connectivity index (χ3n) is 4.90. The monoisotopic (exact) mass is 290 g/mol. The molecule has 0 saturated heterocycles. The number of benzene rings is 1. The zero-order valence-corrected chi connectivity index (χ0v) is 13.7. The summed E-state index contributed by atoms with van der Waals surface area (Å²) in [5.41, 5.74) is 7.91. The highest BCUT2D eigenvalue weighted by Crippen LogP contribution is 2.35. The van der Waals surface area contributed by atoms with E-state index in [1.165, 1.54) is 12.0 Å². The molecule has 0 heterocycles. The number of hydrogen-bond acceptors (Lipinski definition) is 3. The molecule has 3 nitrogen and oxygen atoms in total. The summed E-state index contributed by atoms with van der Waals surface area (Å²) in [7, 11) is 1.78. The predicted molar refractivity (Wildman–Crippen MR) is 88.5 cm³/mol. The van der Waals surface area contributed by atoms with Gasteiger partial charge in [-0.15, -0.1) is 0 Å². The van der Waals surface area contributed by atoms with E-state index in [2.05, 4.69) is 49.1 Å². The molecule has 1 aliphatic carbocycles. The Kier molecular flexibility index (Phi) is 6.22. The fourth-order valence-corrected chi connectivity index (χ4v) is 3.79. The van der Waals surface area contributed by atoms with Crippen molar-refractivity contribution in [3.05, 3.63) is 35.9 Å². The largest absolute Gasteiger partial charge is 0.383 e. The van der Waals surface area contributed by atoms with Gasteiger partial charge in [0.2, 0.25) is 0 Å². The molecule has 2 rings (SSSR count). The maximum absolute atomic E-state index is 6.45. The molecule has 0 aromatic heterocycles. The number of ether oxygens (including phenoxy) is 1. The van der Waals surface area contributed by atoms with E-state index in [0.717, 1.165) is 26.0 Å². The van der Waals surface area contributed by atoms with E-state index in [0.29, 0.717) is 18.0 Å². The molecular weight excluding hydrogens is 260 g/mol.